The molecule has 5 nitrogen and oxygen atoms in total. The number of carbonyl (C=O) groups excluding carboxylic acids is 2. The molecule has 2 aliphatic rings. The molecule has 0 aliphatic carbocycles. The maximum absolute atomic E-state index is 12.6. The number of carbonyl (C=O) groups is 2. The van der Waals surface area contributed by atoms with Gasteiger partial charge in [0.1, 0.15) is 5.75 Å². The Hall–Kier alpha value is -2.82. The molecule has 4 rings (SSSR count). The van der Waals surface area contributed by atoms with E-state index in [9.17, 15) is 9.59 Å². The van der Waals surface area contributed by atoms with Crippen molar-refractivity contribution in [1.29, 1.82) is 0 Å². The van der Waals surface area contributed by atoms with Crippen molar-refractivity contribution in [3.8, 4) is 5.75 Å². The molecule has 29 heavy (non-hydrogen) atoms. The van der Waals surface area contributed by atoms with Crippen LogP contribution in [0.5, 0.6) is 5.75 Å². The molecule has 2 aromatic rings. The number of para-hydroxylation sites is 1. The number of benzene rings is 2. The topological polar surface area (TPSA) is 49.9 Å². The minimum Gasteiger partial charge on any atom is -0.493 e. The zero-order valence-corrected chi connectivity index (χ0v) is 16.8. The first-order valence-electron chi connectivity index (χ1n) is 10.5. The molecule has 2 aliphatic heterocycles. The van der Waals surface area contributed by atoms with Crippen molar-refractivity contribution in [2.45, 2.75) is 44.2 Å². The Morgan fingerprint density at radius 1 is 0.931 bits per heavy atom. The highest BCUT2D eigenvalue weighted by Crippen LogP contribution is 2.40. The van der Waals surface area contributed by atoms with Gasteiger partial charge in [-0.2, -0.15) is 0 Å². The maximum atomic E-state index is 12.6. The fraction of sp³-hybridized carbons (Fsp3) is 0.417. The van der Waals surface area contributed by atoms with Crippen LogP contribution in [0.2, 0.25) is 0 Å². The number of amides is 2. The van der Waals surface area contributed by atoms with Crippen LogP contribution in [-0.2, 0) is 16.1 Å². The highest BCUT2D eigenvalue weighted by atomic mass is 16.5. The summed E-state index contributed by atoms with van der Waals surface area (Å²) in [5.41, 5.74) is 1.07. The Morgan fingerprint density at radius 3 is 2.28 bits per heavy atom. The molecule has 5 heteroatoms. The Bertz CT molecular complexity index is 830. The molecule has 2 saturated heterocycles. The summed E-state index contributed by atoms with van der Waals surface area (Å²) in [4.78, 5) is 29.2. The van der Waals surface area contributed by atoms with Gasteiger partial charge >= 0.3 is 0 Å². The van der Waals surface area contributed by atoms with Gasteiger partial charge in [-0.3, -0.25) is 9.59 Å². The van der Waals surface area contributed by atoms with E-state index >= 15 is 0 Å². The standard InChI is InChI=1S/C24H28N2O3/c27-22(12-18-29-21-9-5-2-6-10-21)25-16-14-24(15-17-25)13-11-23(28)26(24)19-20-7-3-1-4-8-20/h1-10H,11-19H2. The summed E-state index contributed by atoms with van der Waals surface area (Å²) in [6, 6.07) is 19.8. The molecule has 0 unspecified atom stereocenters. The maximum Gasteiger partial charge on any atom is 0.226 e. The second-order valence-electron chi connectivity index (χ2n) is 7.98. The molecule has 1 spiro atoms. The number of hydrogen-bond donors (Lipinski definition) is 0. The van der Waals surface area contributed by atoms with Crippen LogP contribution >= 0.6 is 0 Å². The molecular formula is C24H28N2O3. The molecule has 2 aromatic carbocycles. The zero-order chi connectivity index (χ0) is 20.1. The van der Waals surface area contributed by atoms with Gasteiger partial charge in [-0.1, -0.05) is 48.5 Å². The van der Waals surface area contributed by atoms with Crippen molar-refractivity contribution in [1.82, 2.24) is 9.80 Å². The first-order valence-corrected chi connectivity index (χ1v) is 10.5. The van der Waals surface area contributed by atoms with Crippen molar-refractivity contribution < 1.29 is 14.3 Å². The molecule has 0 N–H and O–H groups in total. The van der Waals surface area contributed by atoms with Gasteiger partial charge < -0.3 is 14.5 Å². The van der Waals surface area contributed by atoms with Gasteiger partial charge in [0.2, 0.25) is 11.8 Å². The van der Waals surface area contributed by atoms with Crippen molar-refractivity contribution in [3.63, 3.8) is 0 Å². The molecule has 0 radical (unpaired) electrons. The lowest BCUT2D eigenvalue weighted by molar-refractivity contribution is -0.137. The average molecular weight is 392 g/mol. The van der Waals surface area contributed by atoms with Crippen LogP contribution in [0, 0.1) is 0 Å². The summed E-state index contributed by atoms with van der Waals surface area (Å²) in [5, 5.41) is 0. The van der Waals surface area contributed by atoms with Gasteiger partial charge in [0.15, 0.2) is 0 Å². The Labute approximate surface area is 172 Å². The Balaban J connectivity index is 1.30. The quantitative estimate of drug-likeness (QED) is 0.754. The van der Waals surface area contributed by atoms with E-state index in [1.54, 1.807) is 0 Å². The van der Waals surface area contributed by atoms with E-state index in [4.69, 9.17) is 4.74 Å². The summed E-state index contributed by atoms with van der Waals surface area (Å²) in [7, 11) is 0. The SMILES string of the molecule is O=C(CCOc1ccccc1)N1CCC2(CCC(=O)N2Cc2ccccc2)CC1. The predicted octanol–water partition coefficient (Wildman–Crippen LogP) is 3.64. The Kier molecular flexibility index (Phi) is 5.84. The van der Waals surface area contributed by atoms with Crippen LogP contribution in [0.25, 0.3) is 0 Å². The number of rotatable bonds is 6. The van der Waals surface area contributed by atoms with Crippen molar-refractivity contribution in [3.05, 3.63) is 66.2 Å². The lowest BCUT2D eigenvalue weighted by Gasteiger charge is -2.45. The summed E-state index contributed by atoms with van der Waals surface area (Å²) in [5.74, 6) is 1.17. The van der Waals surface area contributed by atoms with Crippen LogP contribution in [0.1, 0.15) is 37.7 Å². The van der Waals surface area contributed by atoms with Gasteiger partial charge in [0.25, 0.3) is 0 Å². The Morgan fingerprint density at radius 2 is 1.59 bits per heavy atom. The van der Waals surface area contributed by atoms with Crippen molar-refractivity contribution in [2.75, 3.05) is 19.7 Å². The van der Waals surface area contributed by atoms with Crippen LogP contribution in [0.15, 0.2) is 60.7 Å². The molecule has 2 heterocycles. The van der Waals surface area contributed by atoms with E-state index < -0.39 is 0 Å². The van der Waals surface area contributed by atoms with Crippen LogP contribution in [0.4, 0.5) is 0 Å². The second kappa shape index (κ2) is 8.68. The van der Waals surface area contributed by atoms with Gasteiger partial charge in [-0.15, -0.1) is 0 Å². The number of nitrogens with zero attached hydrogens (tertiary/aromatic N) is 2. The van der Waals surface area contributed by atoms with Gasteiger partial charge in [0.05, 0.1) is 13.0 Å². The van der Waals surface area contributed by atoms with E-state index in [2.05, 4.69) is 17.0 Å². The molecule has 0 bridgehead atoms. The minimum absolute atomic E-state index is 0.0930. The number of piperidine rings is 1. The van der Waals surface area contributed by atoms with E-state index in [1.165, 1.54) is 5.56 Å². The third kappa shape index (κ3) is 4.44. The summed E-state index contributed by atoms with van der Waals surface area (Å²) in [6.45, 7) is 2.48. The predicted molar refractivity (Wildman–Crippen MR) is 111 cm³/mol. The normalized spacial score (nSPS) is 18.3. The van der Waals surface area contributed by atoms with Gasteiger partial charge in [0, 0.05) is 31.6 Å². The number of likely N-dealkylation sites (tertiary alicyclic amines) is 2. The van der Waals surface area contributed by atoms with Gasteiger partial charge in [-0.05, 0) is 37.0 Å². The zero-order valence-electron chi connectivity index (χ0n) is 16.8. The van der Waals surface area contributed by atoms with Gasteiger partial charge in [-0.25, -0.2) is 0 Å². The molecule has 2 fully saturated rings. The minimum atomic E-state index is -0.0930. The lowest BCUT2D eigenvalue weighted by atomic mass is 9.84. The highest BCUT2D eigenvalue weighted by molar-refractivity contribution is 5.80. The van der Waals surface area contributed by atoms with Crippen molar-refractivity contribution in [2.24, 2.45) is 0 Å². The molecule has 2 amide bonds. The van der Waals surface area contributed by atoms with E-state index in [0.29, 0.717) is 39.1 Å². The molecular weight excluding hydrogens is 364 g/mol. The fourth-order valence-corrected chi connectivity index (χ4v) is 4.52. The van der Waals surface area contributed by atoms with Crippen LogP contribution in [-0.4, -0.2) is 46.8 Å². The second-order valence-corrected chi connectivity index (χ2v) is 7.98. The summed E-state index contributed by atoms with van der Waals surface area (Å²) in [6.07, 6.45) is 3.62. The highest BCUT2D eigenvalue weighted by Gasteiger charge is 2.47. The van der Waals surface area contributed by atoms with E-state index in [0.717, 1.165) is 25.0 Å². The molecule has 0 saturated carbocycles. The smallest absolute Gasteiger partial charge is 0.226 e. The van der Waals surface area contributed by atoms with E-state index in [-0.39, 0.29) is 17.4 Å². The number of hydrogen-bond acceptors (Lipinski definition) is 3. The molecule has 152 valence electrons. The van der Waals surface area contributed by atoms with Crippen LogP contribution < -0.4 is 4.74 Å². The fourth-order valence-electron chi connectivity index (χ4n) is 4.52. The van der Waals surface area contributed by atoms with Crippen molar-refractivity contribution >= 4 is 11.8 Å². The first-order chi connectivity index (χ1) is 14.2. The monoisotopic (exact) mass is 392 g/mol. The molecule has 0 aromatic heterocycles. The third-order valence-electron chi connectivity index (χ3n) is 6.24. The summed E-state index contributed by atoms with van der Waals surface area (Å²) >= 11 is 0. The molecule has 0 atom stereocenters. The largest absolute Gasteiger partial charge is 0.493 e. The van der Waals surface area contributed by atoms with Crippen LogP contribution in [0.3, 0.4) is 0 Å². The van der Waals surface area contributed by atoms with E-state index in [1.807, 2.05) is 53.4 Å². The third-order valence-corrected chi connectivity index (χ3v) is 6.24. The number of ether oxygens (including phenoxy) is 1. The first kappa shape index (κ1) is 19.5. The summed E-state index contributed by atoms with van der Waals surface area (Å²) < 4.78 is 5.66. The average Bonchev–Trinajstić information content (AvgIpc) is 3.05. The lowest BCUT2D eigenvalue weighted by Crippen LogP contribution is -2.53.